The van der Waals surface area contributed by atoms with E-state index < -0.39 is 0 Å². The second-order valence-electron chi connectivity index (χ2n) is 11.5. The smallest absolute Gasteiger partial charge is 0.0545 e. The molecule has 0 bridgehead atoms. The van der Waals surface area contributed by atoms with Crippen molar-refractivity contribution in [2.75, 3.05) is 51.3 Å². The molecule has 1 N–H and O–H groups in total. The quantitative estimate of drug-likeness (QED) is 0.367. The van der Waals surface area contributed by atoms with Crippen LogP contribution in [-0.2, 0) is 4.74 Å². The first-order valence-corrected chi connectivity index (χ1v) is 14.2. The van der Waals surface area contributed by atoms with Crippen LogP contribution in [0.25, 0.3) is 0 Å². The molecule has 4 heteroatoms. The summed E-state index contributed by atoms with van der Waals surface area (Å²) in [5.74, 6) is 1.78. The summed E-state index contributed by atoms with van der Waals surface area (Å²) in [4.78, 5) is 5.34. The van der Waals surface area contributed by atoms with Gasteiger partial charge in [-0.25, -0.2) is 0 Å². The van der Waals surface area contributed by atoms with Gasteiger partial charge in [0.1, 0.15) is 0 Å². The number of anilines is 1. The molecule has 1 atom stereocenters. The minimum Gasteiger partial charge on any atom is -0.384 e. The van der Waals surface area contributed by atoms with Gasteiger partial charge in [-0.3, -0.25) is 4.90 Å². The summed E-state index contributed by atoms with van der Waals surface area (Å²) < 4.78 is 5.44. The van der Waals surface area contributed by atoms with E-state index in [4.69, 9.17) is 10.1 Å². The van der Waals surface area contributed by atoms with E-state index >= 15 is 0 Å². The van der Waals surface area contributed by atoms with Gasteiger partial charge in [-0.1, -0.05) is 39.7 Å². The summed E-state index contributed by atoms with van der Waals surface area (Å²) in [7, 11) is 1.75. The second-order valence-corrected chi connectivity index (χ2v) is 11.5. The molecule has 0 spiro atoms. The summed E-state index contributed by atoms with van der Waals surface area (Å²) in [6.07, 6.45) is 11.7. The average molecular weight is 468 g/mol. The number of methoxy groups -OCH3 is 1. The third-order valence-electron chi connectivity index (χ3n) is 9.52. The Hall–Kier alpha value is -1.39. The second kappa shape index (κ2) is 11.6. The lowest BCUT2D eigenvalue weighted by Crippen LogP contribution is -2.47. The number of hydrogen-bond acceptors (Lipinski definition) is 4. The summed E-state index contributed by atoms with van der Waals surface area (Å²) in [5, 5.41) is 8.94. The van der Waals surface area contributed by atoms with Crippen LogP contribution >= 0.6 is 0 Å². The van der Waals surface area contributed by atoms with Crippen LogP contribution in [0.4, 0.5) is 5.69 Å². The van der Waals surface area contributed by atoms with E-state index in [1.165, 1.54) is 82.3 Å². The number of rotatable bonds is 11. The maximum Gasteiger partial charge on any atom is 0.0545 e. The van der Waals surface area contributed by atoms with Gasteiger partial charge >= 0.3 is 0 Å². The molecule has 4 nitrogen and oxygen atoms in total. The van der Waals surface area contributed by atoms with E-state index in [2.05, 4.69) is 48.8 Å². The Kier molecular flexibility index (Phi) is 8.74. The largest absolute Gasteiger partial charge is 0.384 e. The van der Waals surface area contributed by atoms with Crippen molar-refractivity contribution in [3.63, 3.8) is 0 Å². The molecule has 190 valence electrons. The van der Waals surface area contributed by atoms with Gasteiger partial charge in [0.25, 0.3) is 0 Å². The lowest BCUT2D eigenvalue weighted by Gasteiger charge is -2.42. The number of ether oxygens (including phenoxy) is 1. The minimum absolute atomic E-state index is 0.175. The van der Waals surface area contributed by atoms with Gasteiger partial charge in [0.2, 0.25) is 0 Å². The molecule has 2 saturated carbocycles. The monoisotopic (exact) mass is 467 g/mol. The van der Waals surface area contributed by atoms with E-state index in [0.717, 1.165) is 36.7 Å². The van der Waals surface area contributed by atoms with Crippen molar-refractivity contribution >= 4 is 11.4 Å². The molecular formula is C30H49N3O. The van der Waals surface area contributed by atoms with Crippen LogP contribution in [0.1, 0.15) is 95.6 Å². The molecule has 1 saturated heterocycles. The van der Waals surface area contributed by atoms with E-state index in [1.54, 1.807) is 7.11 Å². The van der Waals surface area contributed by atoms with Crippen LogP contribution in [0.2, 0.25) is 0 Å². The SMILES string of the molecule is CC[C@H](COC)C(=N)c1ccc(N2CCN(CC3CC3)CC2)c(C2CCC(CC)(CC)CC2)c1. The van der Waals surface area contributed by atoms with E-state index in [1.807, 2.05) is 0 Å². The molecule has 0 unspecified atom stereocenters. The molecular weight excluding hydrogens is 418 g/mol. The van der Waals surface area contributed by atoms with E-state index in [9.17, 15) is 0 Å². The summed E-state index contributed by atoms with van der Waals surface area (Å²) in [5.41, 5.74) is 5.39. The number of piperazine rings is 1. The summed E-state index contributed by atoms with van der Waals surface area (Å²) in [6.45, 7) is 13.6. The number of nitrogens with one attached hydrogen (secondary N) is 1. The fourth-order valence-electron chi connectivity index (χ4n) is 6.51. The Morgan fingerprint density at radius 3 is 2.26 bits per heavy atom. The molecule has 3 fully saturated rings. The Morgan fingerprint density at radius 1 is 1.03 bits per heavy atom. The lowest BCUT2D eigenvalue weighted by atomic mass is 9.66. The van der Waals surface area contributed by atoms with Gasteiger partial charge in [0.05, 0.1) is 6.61 Å². The van der Waals surface area contributed by atoms with Crippen LogP contribution in [0, 0.1) is 22.7 Å². The molecule has 1 aromatic carbocycles. The number of hydrogen-bond donors (Lipinski definition) is 1. The highest BCUT2D eigenvalue weighted by molar-refractivity contribution is 6.00. The van der Waals surface area contributed by atoms with Crippen LogP contribution in [0.3, 0.4) is 0 Å². The number of benzene rings is 1. The van der Waals surface area contributed by atoms with E-state index in [0.29, 0.717) is 17.9 Å². The zero-order chi connectivity index (χ0) is 24.1. The summed E-state index contributed by atoms with van der Waals surface area (Å²) in [6, 6.07) is 6.99. The topological polar surface area (TPSA) is 39.6 Å². The first kappa shape index (κ1) is 25.7. The highest BCUT2D eigenvalue weighted by Gasteiger charge is 2.35. The first-order chi connectivity index (χ1) is 16.5. The molecule has 4 rings (SSSR count). The Labute approximate surface area is 208 Å². The van der Waals surface area contributed by atoms with Gasteiger partial charge in [-0.15, -0.1) is 0 Å². The Bertz CT molecular complexity index is 795. The van der Waals surface area contributed by atoms with Gasteiger partial charge in [-0.05, 0) is 85.5 Å². The predicted molar refractivity (Wildman–Crippen MR) is 145 cm³/mol. The zero-order valence-corrected chi connectivity index (χ0v) is 22.4. The minimum atomic E-state index is 0.175. The highest BCUT2D eigenvalue weighted by atomic mass is 16.5. The molecule has 0 amide bonds. The predicted octanol–water partition coefficient (Wildman–Crippen LogP) is 6.72. The van der Waals surface area contributed by atoms with Crippen molar-refractivity contribution < 1.29 is 4.74 Å². The van der Waals surface area contributed by atoms with Crippen LogP contribution in [0.5, 0.6) is 0 Å². The average Bonchev–Trinajstić information content (AvgIpc) is 3.71. The standard InChI is InChI=1S/C30H49N3O/c1-5-24(22-34-4)29(31)26-10-11-28(33-18-16-32(17-19-33)21-23-8-9-23)27(20-26)25-12-14-30(6-2,7-3)15-13-25/h10-11,20,23-25,31H,5-9,12-19,21-22H2,1-4H3/t24-/m1/s1. The molecule has 2 aliphatic carbocycles. The van der Waals surface area contributed by atoms with Crippen molar-refractivity contribution in [2.45, 2.75) is 84.5 Å². The third kappa shape index (κ3) is 5.87. The van der Waals surface area contributed by atoms with Crippen molar-refractivity contribution in [2.24, 2.45) is 17.3 Å². The first-order valence-electron chi connectivity index (χ1n) is 14.2. The van der Waals surface area contributed by atoms with Gasteiger partial charge in [0, 0.05) is 57.2 Å². The van der Waals surface area contributed by atoms with Gasteiger partial charge < -0.3 is 15.0 Å². The Morgan fingerprint density at radius 2 is 1.71 bits per heavy atom. The molecule has 1 aliphatic heterocycles. The van der Waals surface area contributed by atoms with Crippen molar-refractivity contribution in [3.8, 4) is 0 Å². The van der Waals surface area contributed by atoms with Crippen LogP contribution in [0.15, 0.2) is 18.2 Å². The van der Waals surface area contributed by atoms with Crippen molar-refractivity contribution in [1.29, 1.82) is 5.41 Å². The molecule has 3 aliphatic rings. The molecule has 34 heavy (non-hydrogen) atoms. The normalized spacial score (nSPS) is 22.6. The molecule has 1 aromatic rings. The molecule has 1 heterocycles. The maximum atomic E-state index is 8.94. The van der Waals surface area contributed by atoms with Gasteiger partial charge in [0.15, 0.2) is 0 Å². The fourth-order valence-corrected chi connectivity index (χ4v) is 6.51. The zero-order valence-electron chi connectivity index (χ0n) is 22.4. The maximum absolute atomic E-state index is 8.94. The summed E-state index contributed by atoms with van der Waals surface area (Å²) >= 11 is 0. The molecule has 0 aromatic heterocycles. The van der Waals surface area contributed by atoms with Crippen LogP contribution in [-0.4, -0.2) is 57.1 Å². The number of nitrogens with zero attached hydrogens (tertiary/aromatic N) is 2. The van der Waals surface area contributed by atoms with Gasteiger partial charge in [-0.2, -0.15) is 0 Å². The lowest BCUT2D eigenvalue weighted by molar-refractivity contribution is 0.159. The fraction of sp³-hybridized carbons (Fsp3) is 0.767. The molecule has 0 radical (unpaired) electrons. The van der Waals surface area contributed by atoms with Crippen molar-refractivity contribution in [1.82, 2.24) is 4.90 Å². The van der Waals surface area contributed by atoms with Crippen molar-refractivity contribution in [3.05, 3.63) is 29.3 Å². The third-order valence-corrected chi connectivity index (χ3v) is 9.52. The van der Waals surface area contributed by atoms with E-state index in [-0.39, 0.29) is 5.92 Å². The highest BCUT2D eigenvalue weighted by Crippen LogP contribution is 2.48. The van der Waals surface area contributed by atoms with Crippen LogP contribution < -0.4 is 4.90 Å². The Balaban J connectivity index is 1.55.